The quantitative estimate of drug-likeness (QED) is 0.789. The molecule has 0 heterocycles. The lowest BCUT2D eigenvalue weighted by atomic mass is 9.89. The first-order valence-corrected chi connectivity index (χ1v) is 6.85. The van der Waals surface area contributed by atoms with Gasteiger partial charge in [-0.3, -0.25) is 0 Å². The van der Waals surface area contributed by atoms with Crippen LogP contribution in [0.15, 0.2) is 36.4 Å². The van der Waals surface area contributed by atoms with E-state index in [1.165, 1.54) is 11.1 Å². The summed E-state index contributed by atoms with van der Waals surface area (Å²) in [4.78, 5) is 0. The van der Waals surface area contributed by atoms with Gasteiger partial charge in [-0.25, -0.2) is 0 Å². The molecule has 0 aromatic heterocycles. The van der Waals surface area contributed by atoms with E-state index in [4.69, 9.17) is 9.47 Å². The second-order valence-electron chi connectivity index (χ2n) is 4.50. The van der Waals surface area contributed by atoms with Crippen LogP contribution in [0.5, 0.6) is 0 Å². The molecule has 0 bridgehead atoms. The normalized spacial score (nSPS) is 23.8. The molecule has 0 fully saturated rings. The summed E-state index contributed by atoms with van der Waals surface area (Å²) in [5, 5.41) is 0. The van der Waals surface area contributed by atoms with Crippen LogP contribution in [0.3, 0.4) is 0 Å². The molecule has 0 N–H and O–H groups in total. The third-order valence-electron chi connectivity index (χ3n) is 3.28. The Labute approximate surface area is 110 Å². The van der Waals surface area contributed by atoms with E-state index in [-0.39, 0.29) is 12.2 Å². The van der Waals surface area contributed by atoms with Crippen molar-refractivity contribution in [2.45, 2.75) is 38.9 Å². The number of hydrogen-bond acceptors (Lipinski definition) is 2. The topological polar surface area (TPSA) is 18.5 Å². The van der Waals surface area contributed by atoms with Crippen molar-refractivity contribution in [1.29, 1.82) is 0 Å². The van der Waals surface area contributed by atoms with Crippen molar-refractivity contribution in [3.8, 4) is 0 Å². The van der Waals surface area contributed by atoms with Crippen molar-refractivity contribution in [3.63, 3.8) is 0 Å². The van der Waals surface area contributed by atoms with Crippen LogP contribution >= 0.6 is 0 Å². The van der Waals surface area contributed by atoms with Gasteiger partial charge >= 0.3 is 0 Å². The van der Waals surface area contributed by atoms with E-state index < -0.39 is 0 Å². The van der Waals surface area contributed by atoms with Gasteiger partial charge in [0.25, 0.3) is 0 Å². The SMILES string of the molecule is CCO[C@H]1CC[C@@H](OCC)C=C1c1ccccc1. The molecule has 0 aliphatic heterocycles. The summed E-state index contributed by atoms with van der Waals surface area (Å²) in [6.07, 6.45) is 4.78. The fourth-order valence-electron chi connectivity index (χ4n) is 2.49. The van der Waals surface area contributed by atoms with E-state index in [1.807, 2.05) is 13.0 Å². The fraction of sp³-hybridized carbons (Fsp3) is 0.500. The summed E-state index contributed by atoms with van der Waals surface area (Å²) in [5.74, 6) is 0. The van der Waals surface area contributed by atoms with Gasteiger partial charge in [0.05, 0.1) is 12.2 Å². The summed E-state index contributed by atoms with van der Waals surface area (Å²) in [7, 11) is 0. The van der Waals surface area contributed by atoms with Crippen molar-refractivity contribution >= 4 is 5.57 Å². The Morgan fingerprint density at radius 3 is 2.39 bits per heavy atom. The van der Waals surface area contributed by atoms with Crippen molar-refractivity contribution in [2.24, 2.45) is 0 Å². The molecule has 98 valence electrons. The molecule has 0 unspecified atom stereocenters. The highest BCUT2D eigenvalue weighted by Gasteiger charge is 2.24. The Balaban J connectivity index is 2.23. The molecule has 18 heavy (non-hydrogen) atoms. The van der Waals surface area contributed by atoms with Crippen LogP contribution < -0.4 is 0 Å². The van der Waals surface area contributed by atoms with Gasteiger partial charge in [-0.15, -0.1) is 0 Å². The van der Waals surface area contributed by atoms with Crippen LogP contribution in [0, 0.1) is 0 Å². The van der Waals surface area contributed by atoms with Gasteiger partial charge in [0, 0.05) is 13.2 Å². The third kappa shape index (κ3) is 3.21. The van der Waals surface area contributed by atoms with Crippen LogP contribution in [0.1, 0.15) is 32.3 Å². The standard InChI is InChI=1S/C16H22O2/c1-3-17-14-10-11-16(18-4-2)15(12-14)13-8-6-5-7-9-13/h5-9,12,14,16H,3-4,10-11H2,1-2H3/t14-,16+/m1/s1. The molecular weight excluding hydrogens is 224 g/mol. The Kier molecular flexibility index (Phi) is 4.97. The monoisotopic (exact) mass is 246 g/mol. The number of rotatable bonds is 5. The van der Waals surface area contributed by atoms with Crippen molar-refractivity contribution in [2.75, 3.05) is 13.2 Å². The number of hydrogen-bond donors (Lipinski definition) is 0. The zero-order valence-corrected chi connectivity index (χ0v) is 11.3. The van der Waals surface area contributed by atoms with E-state index in [0.717, 1.165) is 26.1 Å². The van der Waals surface area contributed by atoms with Crippen LogP contribution in [-0.2, 0) is 9.47 Å². The van der Waals surface area contributed by atoms with Gasteiger partial charge in [-0.05, 0) is 43.9 Å². The smallest absolute Gasteiger partial charge is 0.0829 e. The zero-order valence-electron chi connectivity index (χ0n) is 11.3. The predicted molar refractivity (Wildman–Crippen MR) is 74.5 cm³/mol. The minimum atomic E-state index is 0.217. The van der Waals surface area contributed by atoms with Crippen LogP contribution in [0.4, 0.5) is 0 Å². The van der Waals surface area contributed by atoms with E-state index in [1.54, 1.807) is 0 Å². The van der Waals surface area contributed by atoms with Gasteiger partial charge in [0.2, 0.25) is 0 Å². The Bertz CT molecular complexity index is 383. The van der Waals surface area contributed by atoms with Gasteiger partial charge in [0.15, 0.2) is 0 Å². The maximum Gasteiger partial charge on any atom is 0.0829 e. The fourth-order valence-corrected chi connectivity index (χ4v) is 2.49. The van der Waals surface area contributed by atoms with Gasteiger partial charge < -0.3 is 9.47 Å². The number of benzene rings is 1. The zero-order chi connectivity index (χ0) is 12.8. The minimum Gasteiger partial charge on any atom is -0.374 e. The molecule has 0 spiro atoms. The van der Waals surface area contributed by atoms with Crippen LogP contribution in [0.2, 0.25) is 0 Å². The average molecular weight is 246 g/mol. The molecule has 1 aliphatic rings. The molecule has 2 rings (SSSR count). The summed E-state index contributed by atoms with van der Waals surface area (Å²) >= 11 is 0. The maximum atomic E-state index is 5.85. The molecule has 0 amide bonds. The second-order valence-corrected chi connectivity index (χ2v) is 4.50. The largest absolute Gasteiger partial charge is 0.374 e. The van der Waals surface area contributed by atoms with E-state index >= 15 is 0 Å². The van der Waals surface area contributed by atoms with E-state index in [9.17, 15) is 0 Å². The molecule has 0 saturated carbocycles. The highest BCUT2D eigenvalue weighted by molar-refractivity contribution is 5.70. The highest BCUT2D eigenvalue weighted by Crippen LogP contribution is 2.30. The Hall–Kier alpha value is -1.12. The summed E-state index contributed by atoms with van der Waals surface area (Å²) < 4.78 is 11.6. The first kappa shape index (κ1) is 13.3. The van der Waals surface area contributed by atoms with E-state index in [2.05, 4.69) is 37.3 Å². The lowest BCUT2D eigenvalue weighted by Gasteiger charge is -2.29. The summed E-state index contributed by atoms with van der Waals surface area (Å²) in [6.45, 7) is 5.62. The van der Waals surface area contributed by atoms with Crippen LogP contribution in [-0.4, -0.2) is 25.4 Å². The molecule has 1 aromatic carbocycles. The summed E-state index contributed by atoms with van der Waals surface area (Å²) in [6, 6.07) is 10.5. The predicted octanol–water partition coefficient (Wildman–Crippen LogP) is 3.67. The van der Waals surface area contributed by atoms with Crippen molar-refractivity contribution in [3.05, 3.63) is 42.0 Å². The minimum absolute atomic E-state index is 0.217. The maximum absolute atomic E-state index is 5.85. The molecule has 2 heteroatoms. The molecule has 1 aliphatic carbocycles. The molecule has 0 saturated heterocycles. The van der Waals surface area contributed by atoms with Crippen molar-refractivity contribution < 1.29 is 9.47 Å². The second kappa shape index (κ2) is 6.72. The third-order valence-corrected chi connectivity index (χ3v) is 3.28. The Morgan fingerprint density at radius 1 is 1.00 bits per heavy atom. The first-order chi connectivity index (χ1) is 8.85. The Morgan fingerprint density at radius 2 is 1.72 bits per heavy atom. The van der Waals surface area contributed by atoms with E-state index in [0.29, 0.717) is 0 Å². The number of ether oxygens (including phenoxy) is 2. The van der Waals surface area contributed by atoms with Gasteiger partial charge in [0.1, 0.15) is 0 Å². The highest BCUT2D eigenvalue weighted by atomic mass is 16.5. The summed E-state index contributed by atoms with van der Waals surface area (Å²) in [5.41, 5.74) is 2.53. The molecule has 2 atom stereocenters. The van der Waals surface area contributed by atoms with Crippen LogP contribution in [0.25, 0.3) is 5.57 Å². The first-order valence-electron chi connectivity index (χ1n) is 6.85. The lowest BCUT2D eigenvalue weighted by molar-refractivity contribution is 0.0483. The average Bonchev–Trinajstić information content (AvgIpc) is 2.42. The molecule has 1 aromatic rings. The lowest BCUT2D eigenvalue weighted by Crippen LogP contribution is -2.25. The van der Waals surface area contributed by atoms with Gasteiger partial charge in [-0.2, -0.15) is 0 Å². The molecular formula is C16H22O2. The van der Waals surface area contributed by atoms with Crippen molar-refractivity contribution in [1.82, 2.24) is 0 Å². The molecule has 0 radical (unpaired) electrons. The molecule has 2 nitrogen and oxygen atoms in total. The van der Waals surface area contributed by atoms with Gasteiger partial charge in [-0.1, -0.05) is 30.3 Å².